The van der Waals surface area contributed by atoms with Crippen molar-refractivity contribution in [2.75, 3.05) is 0 Å². The number of non-ortho nitro benzene ring substituents is 1. The van der Waals surface area contributed by atoms with Gasteiger partial charge in [0.1, 0.15) is 10.8 Å². The Morgan fingerprint density at radius 1 is 1.32 bits per heavy atom. The number of rotatable bonds is 4. The highest BCUT2D eigenvalue weighted by Gasteiger charge is 2.14. The molecule has 0 aliphatic rings. The van der Waals surface area contributed by atoms with Gasteiger partial charge in [0.15, 0.2) is 5.16 Å². The first-order chi connectivity index (χ1) is 12.0. The maximum Gasteiger partial charge on any atom is 0.271 e. The van der Waals surface area contributed by atoms with E-state index in [1.54, 1.807) is 6.07 Å². The van der Waals surface area contributed by atoms with Crippen molar-refractivity contribution in [2.45, 2.75) is 17.8 Å². The number of hydrogen-bond acceptors (Lipinski definition) is 5. The summed E-state index contributed by atoms with van der Waals surface area (Å²) in [5.74, 6) is 0.544. The van der Waals surface area contributed by atoms with Crippen LogP contribution in [-0.2, 0) is 5.75 Å². The van der Waals surface area contributed by atoms with Gasteiger partial charge in [0, 0.05) is 23.6 Å². The standard InChI is InChI=1S/C16H12ClN5O2S/c1-9-3-2-4-14-18-13(15(17)21(9)14)8-25-16-19-11-6-5-10(22(23)24)7-12(11)20-16/h2-7H,8H2,1H3,(H,19,20). The van der Waals surface area contributed by atoms with E-state index in [1.165, 1.54) is 23.9 Å². The number of fused-ring (bicyclic) bond motifs is 2. The molecule has 0 saturated carbocycles. The summed E-state index contributed by atoms with van der Waals surface area (Å²) in [6.07, 6.45) is 0. The van der Waals surface area contributed by atoms with Crippen LogP contribution in [0.2, 0.25) is 5.15 Å². The highest BCUT2D eigenvalue weighted by Crippen LogP contribution is 2.28. The summed E-state index contributed by atoms with van der Waals surface area (Å²) >= 11 is 7.90. The fourth-order valence-corrected chi connectivity index (χ4v) is 3.87. The first-order valence-corrected chi connectivity index (χ1v) is 8.78. The molecule has 0 unspecified atom stereocenters. The van der Waals surface area contributed by atoms with Crippen LogP contribution in [0.5, 0.6) is 0 Å². The fraction of sp³-hybridized carbons (Fsp3) is 0.125. The molecule has 126 valence electrons. The molecule has 25 heavy (non-hydrogen) atoms. The number of hydrogen-bond donors (Lipinski definition) is 1. The zero-order chi connectivity index (χ0) is 17.6. The molecule has 0 bridgehead atoms. The molecule has 0 spiro atoms. The van der Waals surface area contributed by atoms with E-state index in [4.69, 9.17) is 11.6 Å². The van der Waals surface area contributed by atoms with Crippen LogP contribution >= 0.6 is 23.4 Å². The van der Waals surface area contributed by atoms with Crippen molar-refractivity contribution in [1.29, 1.82) is 0 Å². The fourth-order valence-electron chi connectivity index (χ4n) is 2.64. The summed E-state index contributed by atoms with van der Waals surface area (Å²) in [6.45, 7) is 1.98. The second-order valence-corrected chi connectivity index (χ2v) is 6.82. The van der Waals surface area contributed by atoms with E-state index in [9.17, 15) is 10.1 Å². The molecule has 9 heteroatoms. The Balaban J connectivity index is 1.61. The molecule has 3 heterocycles. The molecule has 0 aliphatic heterocycles. The van der Waals surface area contributed by atoms with Crippen LogP contribution in [0, 0.1) is 17.0 Å². The Morgan fingerprint density at radius 3 is 2.92 bits per heavy atom. The van der Waals surface area contributed by atoms with Gasteiger partial charge in [0.05, 0.1) is 21.7 Å². The minimum absolute atomic E-state index is 0.0339. The number of nitro groups is 1. The predicted molar refractivity (Wildman–Crippen MR) is 97.2 cm³/mol. The van der Waals surface area contributed by atoms with Gasteiger partial charge in [-0.2, -0.15) is 0 Å². The molecule has 1 aromatic carbocycles. The topological polar surface area (TPSA) is 89.1 Å². The van der Waals surface area contributed by atoms with Gasteiger partial charge in [-0.25, -0.2) is 9.97 Å². The third-order valence-electron chi connectivity index (χ3n) is 3.85. The molecule has 7 nitrogen and oxygen atoms in total. The molecule has 0 aliphatic carbocycles. The largest absolute Gasteiger partial charge is 0.333 e. The van der Waals surface area contributed by atoms with Gasteiger partial charge >= 0.3 is 0 Å². The summed E-state index contributed by atoms with van der Waals surface area (Å²) in [7, 11) is 0. The van der Waals surface area contributed by atoms with Crippen LogP contribution in [0.4, 0.5) is 5.69 Å². The van der Waals surface area contributed by atoms with Crippen molar-refractivity contribution in [3.63, 3.8) is 0 Å². The Labute approximate surface area is 151 Å². The molecule has 0 fully saturated rings. The second kappa shape index (κ2) is 6.05. The number of aromatic amines is 1. The predicted octanol–water partition coefficient (Wildman–Crippen LogP) is 4.37. The van der Waals surface area contributed by atoms with Crippen LogP contribution in [0.3, 0.4) is 0 Å². The summed E-state index contributed by atoms with van der Waals surface area (Å²) in [5, 5.41) is 12.1. The number of aryl methyl sites for hydroxylation is 1. The second-order valence-electron chi connectivity index (χ2n) is 5.50. The lowest BCUT2D eigenvalue weighted by atomic mass is 10.3. The minimum atomic E-state index is -0.425. The monoisotopic (exact) mass is 373 g/mol. The van der Waals surface area contributed by atoms with E-state index in [-0.39, 0.29) is 5.69 Å². The van der Waals surface area contributed by atoms with Crippen molar-refractivity contribution in [1.82, 2.24) is 19.4 Å². The van der Waals surface area contributed by atoms with Crippen LogP contribution in [0.15, 0.2) is 41.6 Å². The molecular formula is C16H12ClN5O2S. The molecule has 0 saturated heterocycles. The normalized spacial score (nSPS) is 11.4. The molecule has 4 aromatic rings. The van der Waals surface area contributed by atoms with Crippen LogP contribution in [0.25, 0.3) is 16.7 Å². The van der Waals surface area contributed by atoms with E-state index < -0.39 is 4.92 Å². The van der Waals surface area contributed by atoms with Crippen molar-refractivity contribution >= 4 is 45.7 Å². The number of H-pyrrole nitrogens is 1. The SMILES string of the molecule is Cc1cccc2nc(CSc3nc4ccc([N+](=O)[O-])cc4[nH]3)c(Cl)n12. The average Bonchev–Trinajstić information content (AvgIpc) is 3.13. The lowest BCUT2D eigenvalue weighted by Crippen LogP contribution is -1.89. The zero-order valence-electron chi connectivity index (χ0n) is 13.1. The number of pyridine rings is 1. The highest BCUT2D eigenvalue weighted by atomic mass is 35.5. The molecule has 1 N–H and O–H groups in total. The van der Waals surface area contributed by atoms with Crippen LogP contribution in [-0.4, -0.2) is 24.3 Å². The first-order valence-electron chi connectivity index (χ1n) is 7.42. The quantitative estimate of drug-likeness (QED) is 0.326. The van der Waals surface area contributed by atoms with Gasteiger partial charge in [-0.15, -0.1) is 0 Å². The zero-order valence-corrected chi connectivity index (χ0v) is 14.6. The Kier molecular flexibility index (Phi) is 3.85. The highest BCUT2D eigenvalue weighted by molar-refractivity contribution is 7.98. The Bertz CT molecular complexity index is 1120. The summed E-state index contributed by atoms with van der Waals surface area (Å²) in [6, 6.07) is 10.4. The van der Waals surface area contributed by atoms with Gasteiger partial charge in [-0.3, -0.25) is 14.5 Å². The van der Waals surface area contributed by atoms with Crippen molar-refractivity contribution < 1.29 is 4.92 Å². The van der Waals surface area contributed by atoms with Gasteiger partial charge in [0.25, 0.3) is 5.69 Å². The van der Waals surface area contributed by atoms with Gasteiger partial charge in [-0.05, 0) is 25.1 Å². The minimum Gasteiger partial charge on any atom is -0.333 e. The Morgan fingerprint density at radius 2 is 2.16 bits per heavy atom. The Hall–Kier alpha value is -2.58. The van der Waals surface area contributed by atoms with Crippen LogP contribution < -0.4 is 0 Å². The van der Waals surface area contributed by atoms with Gasteiger partial charge in [0.2, 0.25) is 0 Å². The van der Waals surface area contributed by atoms with E-state index in [1.807, 2.05) is 29.5 Å². The van der Waals surface area contributed by atoms with E-state index in [0.717, 1.165) is 17.0 Å². The smallest absolute Gasteiger partial charge is 0.271 e. The maximum atomic E-state index is 10.9. The summed E-state index contributed by atoms with van der Waals surface area (Å²) in [5.41, 5.74) is 3.95. The third kappa shape index (κ3) is 2.83. The van der Waals surface area contributed by atoms with Crippen molar-refractivity contribution in [2.24, 2.45) is 0 Å². The van der Waals surface area contributed by atoms with Crippen molar-refractivity contribution in [3.8, 4) is 0 Å². The van der Waals surface area contributed by atoms with E-state index >= 15 is 0 Å². The molecule has 0 radical (unpaired) electrons. The van der Waals surface area contributed by atoms with Crippen LogP contribution in [0.1, 0.15) is 11.4 Å². The summed E-state index contributed by atoms with van der Waals surface area (Å²) < 4.78 is 1.90. The number of aromatic nitrogens is 4. The first kappa shape index (κ1) is 15.9. The molecule has 3 aromatic heterocycles. The van der Waals surface area contributed by atoms with Crippen molar-refractivity contribution in [3.05, 3.63) is 63.1 Å². The number of thioether (sulfide) groups is 1. The number of nitro benzene ring substituents is 1. The number of benzene rings is 1. The maximum absolute atomic E-state index is 10.9. The number of nitrogens with one attached hydrogen (secondary N) is 1. The van der Waals surface area contributed by atoms with E-state index in [2.05, 4.69) is 15.0 Å². The molecule has 0 amide bonds. The van der Waals surface area contributed by atoms with Gasteiger partial charge in [-0.1, -0.05) is 29.4 Å². The number of halogens is 1. The average molecular weight is 374 g/mol. The third-order valence-corrected chi connectivity index (χ3v) is 5.12. The number of nitrogens with zero attached hydrogens (tertiary/aromatic N) is 4. The molecular weight excluding hydrogens is 362 g/mol. The summed E-state index contributed by atoms with van der Waals surface area (Å²) in [4.78, 5) is 22.5. The number of imidazole rings is 2. The molecule has 4 rings (SSSR count). The lowest BCUT2D eigenvalue weighted by Gasteiger charge is -1.99. The molecule has 0 atom stereocenters. The van der Waals surface area contributed by atoms with Gasteiger partial charge < -0.3 is 4.98 Å². The van der Waals surface area contributed by atoms with E-state index in [0.29, 0.717) is 27.1 Å². The lowest BCUT2D eigenvalue weighted by molar-refractivity contribution is -0.384.